The minimum Gasteiger partial charge on any atom is -0.351 e. The molecule has 0 unspecified atom stereocenters. The first-order valence-electron chi connectivity index (χ1n) is 9.35. The zero-order valence-electron chi connectivity index (χ0n) is 16.6. The normalized spacial score (nSPS) is 20.2. The quantitative estimate of drug-likeness (QED) is 0.887. The van der Waals surface area contributed by atoms with Crippen molar-refractivity contribution in [2.45, 2.75) is 47.6 Å². The molecule has 5 nitrogen and oxygen atoms in total. The molecule has 0 spiro atoms. The van der Waals surface area contributed by atoms with Crippen molar-refractivity contribution in [3.8, 4) is 0 Å². The molecule has 140 valence electrons. The fourth-order valence-electron chi connectivity index (χ4n) is 4.26. The minimum atomic E-state index is -0.0389. The van der Waals surface area contributed by atoms with Crippen LogP contribution in [0.4, 0.5) is 0 Å². The SMILES string of the molecule is CC(=O)N[C@@H]1CN(C(=O)c2[nH]c3c(C)ccc(C)c3c2C)C[C@H]1C(C)C. The number of rotatable bonds is 3. The Morgan fingerprint density at radius 3 is 2.38 bits per heavy atom. The number of amides is 2. The number of nitrogens with one attached hydrogen (secondary N) is 2. The van der Waals surface area contributed by atoms with Crippen molar-refractivity contribution in [1.29, 1.82) is 0 Å². The second-order valence-corrected chi connectivity index (χ2v) is 8.00. The number of aryl methyl sites for hydroxylation is 3. The number of carbonyl (C=O) groups is 2. The predicted octanol–water partition coefficient (Wildman–Crippen LogP) is 3.33. The van der Waals surface area contributed by atoms with Crippen LogP contribution in [-0.2, 0) is 4.79 Å². The van der Waals surface area contributed by atoms with Crippen molar-refractivity contribution in [2.75, 3.05) is 13.1 Å². The van der Waals surface area contributed by atoms with Gasteiger partial charge in [0.2, 0.25) is 5.91 Å². The van der Waals surface area contributed by atoms with Crippen molar-refractivity contribution in [1.82, 2.24) is 15.2 Å². The Kier molecular flexibility index (Phi) is 4.82. The maximum absolute atomic E-state index is 13.2. The van der Waals surface area contributed by atoms with Gasteiger partial charge in [0.15, 0.2) is 0 Å². The number of aromatic nitrogens is 1. The molecular weight excluding hydrogens is 326 g/mol. The lowest BCUT2D eigenvalue weighted by atomic mass is 9.91. The summed E-state index contributed by atoms with van der Waals surface area (Å²) in [5.74, 6) is 0.660. The summed E-state index contributed by atoms with van der Waals surface area (Å²) in [6.45, 7) is 13.2. The summed E-state index contributed by atoms with van der Waals surface area (Å²) in [5.41, 5.74) is 5.05. The number of likely N-dealkylation sites (tertiary alicyclic amines) is 1. The first-order valence-corrected chi connectivity index (χ1v) is 9.35. The van der Waals surface area contributed by atoms with E-state index in [9.17, 15) is 9.59 Å². The Bertz CT molecular complexity index is 866. The Labute approximate surface area is 155 Å². The van der Waals surface area contributed by atoms with Crippen LogP contribution in [0.25, 0.3) is 10.9 Å². The average Bonchev–Trinajstić information content (AvgIpc) is 3.12. The highest BCUT2D eigenvalue weighted by atomic mass is 16.2. The van der Waals surface area contributed by atoms with Crippen molar-refractivity contribution < 1.29 is 9.59 Å². The molecule has 2 atom stereocenters. The lowest BCUT2D eigenvalue weighted by Crippen LogP contribution is -2.41. The number of carbonyl (C=O) groups excluding carboxylic acids is 2. The maximum atomic E-state index is 13.2. The van der Waals surface area contributed by atoms with Crippen LogP contribution < -0.4 is 5.32 Å². The Hall–Kier alpha value is -2.30. The van der Waals surface area contributed by atoms with Gasteiger partial charge in [-0.15, -0.1) is 0 Å². The predicted molar refractivity (Wildman–Crippen MR) is 104 cm³/mol. The van der Waals surface area contributed by atoms with E-state index in [0.29, 0.717) is 24.7 Å². The summed E-state index contributed by atoms with van der Waals surface area (Å²) in [4.78, 5) is 30.0. The number of H-pyrrole nitrogens is 1. The fraction of sp³-hybridized carbons (Fsp3) is 0.524. The van der Waals surface area contributed by atoms with E-state index in [0.717, 1.165) is 22.0 Å². The highest BCUT2D eigenvalue weighted by molar-refractivity contribution is 6.02. The van der Waals surface area contributed by atoms with Crippen LogP contribution in [0.1, 0.15) is 48.0 Å². The van der Waals surface area contributed by atoms with Gasteiger partial charge in [-0.3, -0.25) is 9.59 Å². The Balaban J connectivity index is 1.94. The summed E-state index contributed by atoms with van der Waals surface area (Å²) in [5, 5.41) is 4.17. The third kappa shape index (κ3) is 3.11. The lowest BCUT2D eigenvalue weighted by molar-refractivity contribution is -0.119. The third-order valence-corrected chi connectivity index (χ3v) is 5.73. The van der Waals surface area contributed by atoms with E-state index in [2.05, 4.69) is 50.1 Å². The van der Waals surface area contributed by atoms with Gasteiger partial charge in [0, 0.05) is 36.8 Å². The molecule has 3 rings (SSSR count). The van der Waals surface area contributed by atoms with Crippen molar-refractivity contribution in [2.24, 2.45) is 11.8 Å². The second kappa shape index (κ2) is 6.78. The van der Waals surface area contributed by atoms with Gasteiger partial charge in [0.1, 0.15) is 5.69 Å². The minimum absolute atomic E-state index is 0.0182. The van der Waals surface area contributed by atoms with Crippen molar-refractivity contribution in [3.63, 3.8) is 0 Å². The average molecular weight is 355 g/mol. The molecular formula is C21H29N3O2. The number of hydrogen-bond acceptors (Lipinski definition) is 2. The van der Waals surface area contributed by atoms with Gasteiger partial charge in [-0.05, 0) is 43.4 Å². The molecule has 1 fully saturated rings. The molecule has 2 heterocycles. The topological polar surface area (TPSA) is 65.2 Å². The molecule has 2 amide bonds. The summed E-state index contributed by atoms with van der Waals surface area (Å²) in [7, 11) is 0. The van der Waals surface area contributed by atoms with Crippen LogP contribution in [0.5, 0.6) is 0 Å². The Morgan fingerprint density at radius 2 is 1.81 bits per heavy atom. The molecule has 0 radical (unpaired) electrons. The number of benzene rings is 1. The van der Waals surface area contributed by atoms with Gasteiger partial charge < -0.3 is 15.2 Å². The summed E-state index contributed by atoms with van der Waals surface area (Å²) < 4.78 is 0. The monoisotopic (exact) mass is 355 g/mol. The third-order valence-electron chi connectivity index (χ3n) is 5.73. The number of fused-ring (bicyclic) bond motifs is 1. The highest BCUT2D eigenvalue weighted by Crippen LogP contribution is 2.30. The van der Waals surface area contributed by atoms with Gasteiger partial charge >= 0.3 is 0 Å². The smallest absolute Gasteiger partial charge is 0.270 e. The second-order valence-electron chi connectivity index (χ2n) is 8.00. The van der Waals surface area contributed by atoms with E-state index in [4.69, 9.17) is 0 Å². The van der Waals surface area contributed by atoms with Gasteiger partial charge in [-0.1, -0.05) is 26.0 Å². The number of hydrogen-bond donors (Lipinski definition) is 2. The summed E-state index contributed by atoms with van der Waals surface area (Å²) >= 11 is 0. The number of aromatic amines is 1. The first-order chi connectivity index (χ1) is 12.2. The summed E-state index contributed by atoms with van der Waals surface area (Å²) in [6, 6.07) is 4.20. The molecule has 1 aliphatic heterocycles. The van der Waals surface area contributed by atoms with E-state index in [1.165, 1.54) is 12.5 Å². The van der Waals surface area contributed by atoms with E-state index in [-0.39, 0.29) is 23.8 Å². The lowest BCUT2D eigenvalue weighted by Gasteiger charge is -2.21. The molecule has 2 N–H and O–H groups in total. The Morgan fingerprint density at radius 1 is 1.15 bits per heavy atom. The van der Waals surface area contributed by atoms with Gasteiger partial charge in [-0.2, -0.15) is 0 Å². The van der Waals surface area contributed by atoms with Crippen molar-refractivity contribution >= 4 is 22.7 Å². The van der Waals surface area contributed by atoms with E-state index >= 15 is 0 Å². The van der Waals surface area contributed by atoms with Crippen LogP contribution in [0, 0.1) is 32.6 Å². The molecule has 5 heteroatoms. The van der Waals surface area contributed by atoms with Gasteiger partial charge in [0.05, 0.1) is 6.04 Å². The summed E-state index contributed by atoms with van der Waals surface area (Å²) in [6.07, 6.45) is 0. The van der Waals surface area contributed by atoms with Crippen molar-refractivity contribution in [3.05, 3.63) is 34.5 Å². The molecule has 26 heavy (non-hydrogen) atoms. The molecule has 1 aliphatic rings. The standard InChI is InChI=1S/C21H29N3O2/c1-11(2)16-9-24(10-17(16)22-15(6)25)21(26)20-14(5)18-12(3)7-8-13(4)19(18)23-20/h7-8,11,16-17,23H,9-10H2,1-6H3,(H,22,25)/t16-,17+/m0/s1. The number of nitrogens with zero attached hydrogens (tertiary/aromatic N) is 1. The van der Waals surface area contributed by atoms with E-state index in [1.807, 2.05) is 11.8 Å². The molecule has 0 saturated carbocycles. The van der Waals surface area contributed by atoms with Crippen LogP contribution in [-0.4, -0.2) is 40.8 Å². The zero-order chi connectivity index (χ0) is 19.2. The van der Waals surface area contributed by atoms with Crippen LogP contribution >= 0.6 is 0 Å². The molecule has 1 saturated heterocycles. The maximum Gasteiger partial charge on any atom is 0.270 e. The highest BCUT2D eigenvalue weighted by Gasteiger charge is 2.38. The zero-order valence-corrected chi connectivity index (χ0v) is 16.6. The molecule has 2 aromatic rings. The van der Waals surface area contributed by atoms with Crippen LogP contribution in [0.2, 0.25) is 0 Å². The molecule has 1 aromatic carbocycles. The molecule has 0 aliphatic carbocycles. The molecule has 1 aromatic heterocycles. The largest absolute Gasteiger partial charge is 0.351 e. The van der Waals surface area contributed by atoms with Gasteiger partial charge in [-0.25, -0.2) is 0 Å². The van der Waals surface area contributed by atoms with Crippen LogP contribution in [0.3, 0.4) is 0 Å². The van der Waals surface area contributed by atoms with Crippen LogP contribution in [0.15, 0.2) is 12.1 Å². The molecule has 0 bridgehead atoms. The first kappa shape index (κ1) is 18.5. The van der Waals surface area contributed by atoms with E-state index < -0.39 is 0 Å². The van der Waals surface area contributed by atoms with Gasteiger partial charge in [0.25, 0.3) is 5.91 Å². The fourth-order valence-corrected chi connectivity index (χ4v) is 4.26. The van der Waals surface area contributed by atoms with E-state index in [1.54, 1.807) is 0 Å².